The Labute approximate surface area is 102 Å². The SMILES string of the molecule is NC(=O)C1CN(c2cc(Cl)ccc2Cl)C1=O. The van der Waals surface area contributed by atoms with Crippen molar-refractivity contribution in [1.82, 2.24) is 0 Å². The lowest BCUT2D eigenvalue weighted by molar-refractivity contribution is -0.136. The molecule has 6 heteroatoms. The largest absolute Gasteiger partial charge is 0.369 e. The molecule has 1 aliphatic rings. The van der Waals surface area contributed by atoms with Crippen LogP contribution in [0.2, 0.25) is 10.0 Å². The van der Waals surface area contributed by atoms with Crippen LogP contribution < -0.4 is 10.6 Å². The standard InChI is InChI=1S/C10H8Cl2N2O2/c11-5-1-2-7(12)8(3-5)14-4-6(9(13)15)10(14)16/h1-3,6H,4H2,(H2,13,15). The van der Waals surface area contributed by atoms with Crippen molar-refractivity contribution in [2.24, 2.45) is 11.7 Å². The van der Waals surface area contributed by atoms with Gasteiger partial charge in [0.25, 0.3) is 0 Å². The normalized spacial score (nSPS) is 19.5. The number of benzene rings is 1. The van der Waals surface area contributed by atoms with E-state index in [1.165, 1.54) is 4.90 Å². The maximum Gasteiger partial charge on any atom is 0.241 e. The van der Waals surface area contributed by atoms with Gasteiger partial charge < -0.3 is 10.6 Å². The number of anilines is 1. The van der Waals surface area contributed by atoms with Crippen LogP contribution in [-0.2, 0) is 9.59 Å². The zero-order valence-corrected chi connectivity index (χ0v) is 9.63. The van der Waals surface area contributed by atoms with Gasteiger partial charge >= 0.3 is 0 Å². The molecule has 0 spiro atoms. The first-order valence-electron chi connectivity index (χ1n) is 4.56. The number of hydrogen-bond donors (Lipinski definition) is 1. The first kappa shape index (κ1) is 11.2. The number of β-lactam (4-membered cyclic amide) rings is 1. The maximum atomic E-state index is 11.6. The molecule has 0 radical (unpaired) electrons. The summed E-state index contributed by atoms with van der Waals surface area (Å²) in [6.07, 6.45) is 0. The maximum absolute atomic E-state index is 11.6. The minimum atomic E-state index is -0.741. The zero-order chi connectivity index (χ0) is 11.9. The summed E-state index contributed by atoms with van der Waals surface area (Å²) in [6, 6.07) is 4.81. The summed E-state index contributed by atoms with van der Waals surface area (Å²) < 4.78 is 0. The molecule has 0 aliphatic carbocycles. The highest BCUT2D eigenvalue weighted by atomic mass is 35.5. The highest BCUT2D eigenvalue weighted by Crippen LogP contribution is 2.34. The summed E-state index contributed by atoms with van der Waals surface area (Å²) in [5, 5.41) is 0.899. The lowest BCUT2D eigenvalue weighted by Crippen LogP contribution is -2.57. The van der Waals surface area contributed by atoms with E-state index < -0.39 is 11.8 Å². The zero-order valence-electron chi connectivity index (χ0n) is 8.11. The summed E-state index contributed by atoms with van der Waals surface area (Å²) in [5.74, 6) is -1.69. The van der Waals surface area contributed by atoms with Crippen molar-refractivity contribution in [3.63, 3.8) is 0 Å². The first-order chi connectivity index (χ1) is 7.50. The molecule has 1 fully saturated rings. The van der Waals surface area contributed by atoms with Crippen LogP contribution in [0.1, 0.15) is 0 Å². The number of hydrogen-bond acceptors (Lipinski definition) is 2. The van der Waals surface area contributed by atoms with Gasteiger partial charge in [0.1, 0.15) is 5.92 Å². The molecule has 2 rings (SSSR count). The van der Waals surface area contributed by atoms with Crippen molar-refractivity contribution in [2.75, 3.05) is 11.4 Å². The third kappa shape index (κ3) is 1.74. The Bertz CT molecular complexity index is 476. The molecule has 1 aromatic rings. The average Bonchev–Trinajstić information content (AvgIpc) is 2.20. The lowest BCUT2D eigenvalue weighted by Gasteiger charge is -2.37. The van der Waals surface area contributed by atoms with Gasteiger partial charge in [-0.1, -0.05) is 23.2 Å². The number of carbonyl (C=O) groups is 2. The Morgan fingerprint density at radius 2 is 2.12 bits per heavy atom. The van der Waals surface area contributed by atoms with Gasteiger partial charge in [0.15, 0.2) is 0 Å². The number of halogens is 2. The van der Waals surface area contributed by atoms with E-state index in [2.05, 4.69) is 0 Å². The number of amides is 2. The third-order valence-corrected chi connectivity index (χ3v) is 3.03. The third-order valence-electron chi connectivity index (χ3n) is 2.47. The van der Waals surface area contributed by atoms with Crippen molar-refractivity contribution in [3.8, 4) is 0 Å². The topological polar surface area (TPSA) is 63.4 Å². The molecular formula is C10H8Cl2N2O2. The molecule has 16 heavy (non-hydrogen) atoms. The molecular weight excluding hydrogens is 251 g/mol. The van der Waals surface area contributed by atoms with Crippen molar-refractivity contribution in [2.45, 2.75) is 0 Å². The number of primary amides is 1. The molecule has 4 nitrogen and oxygen atoms in total. The molecule has 1 heterocycles. The number of nitrogens with two attached hydrogens (primary N) is 1. The van der Waals surface area contributed by atoms with Gasteiger partial charge in [-0.3, -0.25) is 9.59 Å². The Morgan fingerprint density at radius 3 is 2.69 bits per heavy atom. The van der Waals surface area contributed by atoms with Crippen LogP contribution in [0.5, 0.6) is 0 Å². The summed E-state index contributed by atoms with van der Waals surface area (Å²) in [7, 11) is 0. The van der Waals surface area contributed by atoms with Crippen molar-refractivity contribution < 1.29 is 9.59 Å². The first-order valence-corrected chi connectivity index (χ1v) is 5.32. The predicted molar refractivity (Wildman–Crippen MR) is 61.5 cm³/mol. The quantitative estimate of drug-likeness (QED) is 0.645. The number of carbonyl (C=O) groups excluding carboxylic acids is 2. The summed E-state index contributed by atoms with van der Waals surface area (Å²) >= 11 is 11.7. The molecule has 2 N–H and O–H groups in total. The van der Waals surface area contributed by atoms with E-state index >= 15 is 0 Å². The molecule has 1 saturated heterocycles. The Hall–Kier alpha value is -1.26. The second-order valence-corrected chi connectivity index (χ2v) is 4.34. The van der Waals surface area contributed by atoms with Crippen LogP contribution in [0.15, 0.2) is 18.2 Å². The Kier molecular flexibility index (Phi) is 2.78. The second-order valence-electron chi connectivity index (χ2n) is 3.50. The van der Waals surface area contributed by atoms with Crippen LogP contribution in [0, 0.1) is 5.92 Å². The van der Waals surface area contributed by atoms with Gasteiger partial charge in [0.2, 0.25) is 11.8 Å². The number of nitrogens with zero attached hydrogens (tertiary/aromatic N) is 1. The summed E-state index contributed by atoms with van der Waals surface area (Å²) in [4.78, 5) is 23.8. The molecule has 1 aromatic carbocycles. The molecule has 0 aromatic heterocycles. The molecule has 0 saturated carbocycles. The fraction of sp³-hybridized carbons (Fsp3) is 0.200. The van der Waals surface area contributed by atoms with Gasteiger partial charge in [-0.25, -0.2) is 0 Å². The van der Waals surface area contributed by atoms with Crippen molar-refractivity contribution in [1.29, 1.82) is 0 Å². The van der Waals surface area contributed by atoms with Crippen LogP contribution in [-0.4, -0.2) is 18.4 Å². The summed E-state index contributed by atoms with van der Waals surface area (Å²) in [6.45, 7) is 0.258. The fourth-order valence-corrected chi connectivity index (χ4v) is 1.93. The molecule has 1 atom stereocenters. The van der Waals surface area contributed by atoms with Crippen molar-refractivity contribution >= 4 is 40.7 Å². The molecule has 1 unspecified atom stereocenters. The van der Waals surface area contributed by atoms with E-state index in [1.807, 2.05) is 0 Å². The Morgan fingerprint density at radius 1 is 1.44 bits per heavy atom. The van der Waals surface area contributed by atoms with E-state index in [4.69, 9.17) is 28.9 Å². The van der Waals surface area contributed by atoms with Gasteiger partial charge in [-0.05, 0) is 18.2 Å². The molecule has 2 amide bonds. The van der Waals surface area contributed by atoms with E-state index in [0.29, 0.717) is 15.7 Å². The highest BCUT2D eigenvalue weighted by Gasteiger charge is 2.42. The molecule has 1 aliphatic heterocycles. The highest BCUT2D eigenvalue weighted by molar-refractivity contribution is 6.36. The number of rotatable bonds is 2. The summed E-state index contributed by atoms with van der Waals surface area (Å²) in [5.41, 5.74) is 5.56. The van der Waals surface area contributed by atoms with E-state index in [-0.39, 0.29) is 12.5 Å². The van der Waals surface area contributed by atoms with Crippen molar-refractivity contribution in [3.05, 3.63) is 28.2 Å². The van der Waals surface area contributed by atoms with Gasteiger partial charge in [-0.2, -0.15) is 0 Å². The minimum absolute atomic E-state index is 0.258. The monoisotopic (exact) mass is 258 g/mol. The lowest BCUT2D eigenvalue weighted by atomic mass is 9.97. The van der Waals surface area contributed by atoms with Gasteiger partial charge in [0.05, 0.1) is 10.7 Å². The van der Waals surface area contributed by atoms with Crippen LogP contribution >= 0.6 is 23.2 Å². The predicted octanol–water partition coefficient (Wildman–Crippen LogP) is 1.44. The fourth-order valence-electron chi connectivity index (χ4n) is 1.55. The van der Waals surface area contributed by atoms with Crippen LogP contribution in [0.25, 0.3) is 0 Å². The van der Waals surface area contributed by atoms with E-state index in [9.17, 15) is 9.59 Å². The van der Waals surface area contributed by atoms with Crippen LogP contribution in [0.4, 0.5) is 5.69 Å². The van der Waals surface area contributed by atoms with E-state index in [0.717, 1.165) is 0 Å². The Balaban J connectivity index is 2.25. The minimum Gasteiger partial charge on any atom is -0.369 e. The molecule has 0 bridgehead atoms. The second kappa shape index (κ2) is 3.96. The van der Waals surface area contributed by atoms with Gasteiger partial charge in [0, 0.05) is 11.6 Å². The van der Waals surface area contributed by atoms with Gasteiger partial charge in [-0.15, -0.1) is 0 Å². The smallest absolute Gasteiger partial charge is 0.241 e. The van der Waals surface area contributed by atoms with E-state index in [1.54, 1.807) is 18.2 Å². The molecule has 84 valence electrons. The van der Waals surface area contributed by atoms with Crippen LogP contribution in [0.3, 0.4) is 0 Å². The average molecular weight is 259 g/mol.